The second-order valence-electron chi connectivity index (χ2n) is 5.22. The third-order valence-electron chi connectivity index (χ3n) is 4.31. The van der Waals surface area contributed by atoms with Crippen LogP contribution in [-0.2, 0) is 0 Å². The lowest BCUT2D eigenvalue weighted by Gasteiger charge is -2.38. The first-order valence-corrected chi connectivity index (χ1v) is 7.88. The van der Waals surface area contributed by atoms with E-state index in [1.807, 2.05) is 0 Å². The van der Waals surface area contributed by atoms with Crippen molar-refractivity contribution in [3.8, 4) is 0 Å². The molecule has 88 valence electrons. The fourth-order valence-corrected chi connectivity index (χ4v) is 4.71. The van der Waals surface area contributed by atoms with Gasteiger partial charge in [-0.05, 0) is 58.6 Å². The molecule has 0 amide bonds. The molecule has 1 aromatic rings. The molecule has 3 rings (SSSR count). The number of hydrogen-bond donors (Lipinski definition) is 0. The van der Waals surface area contributed by atoms with Gasteiger partial charge >= 0.3 is 0 Å². The summed E-state index contributed by atoms with van der Waals surface area (Å²) in [7, 11) is 0. The molecule has 2 aliphatic rings. The number of aromatic nitrogens is 2. The number of hydrogen-bond acceptors (Lipinski definition) is 3. The Morgan fingerprint density at radius 1 is 1.06 bits per heavy atom. The lowest BCUT2D eigenvalue weighted by molar-refractivity contribution is 0.155. The molecule has 0 spiro atoms. The largest absolute Gasteiger partial charge is 0.214 e. The molecule has 0 aliphatic heterocycles. The van der Waals surface area contributed by atoms with Crippen molar-refractivity contribution >= 4 is 27.5 Å². The third kappa shape index (κ3) is 2.19. The molecule has 4 heteroatoms. The summed E-state index contributed by atoms with van der Waals surface area (Å²) in [6.07, 6.45) is 9.99. The molecule has 0 saturated heterocycles. The van der Waals surface area contributed by atoms with Gasteiger partial charge in [-0.3, -0.25) is 0 Å². The average molecular weight is 301 g/mol. The van der Waals surface area contributed by atoms with Gasteiger partial charge in [0.1, 0.15) is 5.01 Å². The Balaban J connectivity index is 1.70. The van der Waals surface area contributed by atoms with Gasteiger partial charge in [-0.25, -0.2) is 4.98 Å². The van der Waals surface area contributed by atoms with Crippen LogP contribution in [0.1, 0.15) is 55.9 Å². The topological polar surface area (TPSA) is 25.8 Å². The second-order valence-corrected chi connectivity index (χ2v) is 6.71. The molecule has 2 nitrogen and oxygen atoms in total. The Morgan fingerprint density at radius 3 is 2.62 bits per heavy atom. The van der Waals surface area contributed by atoms with E-state index in [0.29, 0.717) is 5.92 Å². The van der Waals surface area contributed by atoms with Crippen LogP contribution in [0.2, 0.25) is 0 Å². The number of halogens is 1. The standard InChI is InChI=1S/C12H17BrN2S/c13-12-14-11(16-15-12)10-6-5-8-3-1-2-4-9(8)7-10/h8-10H,1-7H2. The summed E-state index contributed by atoms with van der Waals surface area (Å²) in [6, 6.07) is 0. The van der Waals surface area contributed by atoms with Crippen LogP contribution >= 0.6 is 27.5 Å². The van der Waals surface area contributed by atoms with Crippen molar-refractivity contribution in [2.75, 3.05) is 0 Å². The van der Waals surface area contributed by atoms with Gasteiger partial charge in [0.2, 0.25) is 4.73 Å². The van der Waals surface area contributed by atoms with Crippen molar-refractivity contribution in [1.29, 1.82) is 0 Å². The van der Waals surface area contributed by atoms with Gasteiger partial charge in [0, 0.05) is 5.92 Å². The van der Waals surface area contributed by atoms with Gasteiger partial charge in [-0.2, -0.15) is 4.37 Å². The highest BCUT2D eigenvalue weighted by Gasteiger charge is 2.33. The lowest BCUT2D eigenvalue weighted by atomic mass is 9.68. The van der Waals surface area contributed by atoms with Crippen molar-refractivity contribution in [2.24, 2.45) is 11.8 Å². The van der Waals surface area contributed by atoms with Crippen LogP contribution in [0, 0.1) is 11.8 Å². The first kappa shape index (κ1) is 11.1. The van der Waals surface area contributed by atoms with E-state index in [2.05, 4.69) is 25.3 Å². The van der Waals surface area contributed by atoms with Crippen molar-refractivity contribution in [3.63, 3.8) is 0 Å². The Bertz CT molecular complexity index is 366. The zero-order chi connectivity index (χ0) is 11.0. The quantitative estimate of drug-likeness (QED) is 0.769. The van der Waals surface area contributed by atoms with Gasteiger partial charge in [-0.15, -0.1) is 0 Å². The molecule has 16 heavy (non-hydrogen) atoms. The zero-order valence-corrected chi connectivity index (χ0v) is 11.8. The van der Waals surface area contributed by atoms with Gasteiger partial charge in [0.05, 0.1) is 0 Å². The van der Waals surface area contributed by atoms with E-state index >= 15 is 0 Å². The summed E-state index contributed by atoms with van der Waals surface area (Å²) in [6.45, 7) is 0. The maximum Gasteiger partial charge on any atom is 0.209 e. The molecule has 0 aromatic carbocycles. The van der Waals surface area contributed by atoms with Crippen LogP contribution in [0.3, 0.4) is 0 Å². The van der Waals surface area contributed by atoms with Crippen LogP contribution in [0.15, 0.2) is 4.73 Å². The normalized spacial score (nSPS) is 34.7. The maximum absolute atomic E-state index is 4.50. The number of fused-ring (bicyclic) bond motifs is 1. The summed E-state index contributed by atoms with van der Waals surface area (Å²) in [5.41, 5.74) is 0. The smallest absolute Gasteiger partial charge is 0.209 e. The van der Waals surface area contributed by atoms with E-state index in [0.717, 1.165) is 16.6 Å². The number of nitrogens with zero attached hydrogens (tertiary/aromatic N) is 2. The fraction of sp³-hybridized carbons (Fsp3) is 0.833. The third-order valence-corrected chi connectivity index (χ3v) is 5.77. The average Bonchev–Trinajstić information content (AvgIpc) is 2.75. The van der Waals surface area contributed by atoms with Crippen molar-refractivity contribution in [3.05, 3.63) is 9.74 Å². The predicted octanol–water partition coefficient (Wildman–Crippen LogP) is 4.37. The molecule has 3 unspecified atom stereocenters. The SMILES string of the molecule is Brc1nsc(C2CCC3CCCCC3C2)n1. The van der Waals surface area contributed by atoms with Crippen LogP contribution in [0.5, 0.6) is 0 Å². The molecule has 0 radical (unpaired) electrons. The Kier molecular flexibility index (Phi) is 3.29. The Morgan fingerprint density at radius 2 is 1.88 bits per heavy atom. The molecule has 1 heterocycles. The fourth-order valence-electron chi connectivity index (χ4n) is 3.48. The summed E-state index contributed by atoms with van der Waals surface area (Å²) in [5.74, 6) is 2.71. The van der Waals surface area contributed by atoms with Crippen molar-refractivity contribution < 1.29 is 0 Å². The van der Waals surface area contributed by atoms with E-state index in [4.69, 9.17) is 0 Å². The van der Waals surface area contributed by atoms with Crippen LogP contribution in [-0.4, -0.2) is 9.36 Å². The van der Waals surface area contributed by atoms with Crippen LogP contribution in [0.25, 0.3) is 0 Å². The maximum atomic E-state index is 4.50. The van der Waals surface area contributed by atoms with Crippen molar-refractivity contribution in [1.82, 2.24) is 9.36 Å². The molecule has 0 N–H and O–H groups in total. The monoisotopic (exact) mass is 300 g/mol. The van der Waals surface area contributed by atoms with Gasteiger partial charge in [0.15, 0.2) is 0 Å². The molecule has 2 saturated carbocycles. The van der Waals surface area contributed by atoms with Gasteiger partial charge in [0.25, 0.3) is 0 Å². The minimum Gasteiger partial charge on any atom is -0.214 e. The number of rotatable bonds is 1. The van der Waals surface area contributed by atoms with Crippen LogP contribution < -0.4 is 0 Å². The highest BCUT2D eigenvalue weighted by molar-refractivity contribution is 9.10. The van der Waals surface area contributed by atoms with E-state index < -0.39 is 0 Å². The summed E-state index contributed by atoms with van der Waals surface area (Å²) >= 11 is 4.94. The minimum absolute atomic E-state index is 0.697. The molecule has 0 bridgehead atoms. The molecule has 2 aliphatic carbocycles. The molecule has 1 aromatic heterocycles. The molecular weight excluding hydrogens is 284 g/mol. The molecule has 2 fully saturated rings. The van der Waals surface area contributed by atoms with Crippen molar-refractivity contribution in [2.45, 2.75) is 50.9 Å². The van der Waals surface area contributed by atoms with E-state index in [1.54, 1.807) is 11.5 Å². The predicted molar refractivity (Wildman–Crippen MR) is 69.6 cm³/mol. The van der Waals surface area contributed by atoms with E-state index in [1.165, 1.54) is 50.0 Å². The zero-order valence-electron chi connectivity index (χ0n) is 9.36. The van der Waals surface area contributed by atoms with Gasteiger partial charge in [-0.1, -0.05) is 25.7 Å². The molecular formula is C12H17BrN2S. The first-order chi connectivity index (χ1) is 7.83. The highest BCUT2D eigenvalue weighted by Crippen LogP contribution is 2.46. The second kappa shape index (κ2) is 4.73. The lowest BCUT2D eigenvalue weighted by Crippen LogP contribution is -2.26. The van der Waals surface area contributed by atoms with Crippen LogP contribution in [0.4, 0.5) is 0 Å². The minimum atomic E-state index is 0.697. The highest BCUT2D eigenvalue weighted by atomic mass is 79.9. The summed E-state index contributed by atoms with van der Waals surface area (Å²) in [4.78, 5) is 4.50. The van der Waals surface area contributed by atoms with E-state index in [9.17, 15) is 0 Å². The Labute approximate surface area is 109 Å². The Hall–Kier alpha value is 0.0400. The van der Waals surface area contributed by atoms with Gasteiger partial charge < -0.3 is 0 Å². The summed E-state index contributed by atoms with van der Waals surface area (Å²) < 4.78 is 5.02. The molecule has 3 atom stereocenters. The first-order valence-electron chi connectivity index (χ1n) is 6.32. The summed E-state index contributed by atoms with van der Waals surface area (Å²) in [5, 5.41) is 1.26. The van der Waals surface area contributed by atoms with E-state index in [-0.39, 0.29) is 0 Å².